The molecule has 2 unspecified atom stereocenters. The number of hydrogen-bond acceptors (Lipinski definition) is 3. The average molecular weight is 223 g/mol. The fourth-order valence-corrected chi connectivity index (χ4v) is 1.52. The van der Waals surface area contributed by atoms with Crippen LogP contribution in [0.1, 0.15) is 6.42 Å². The van der Waals surface area contributed by atoms with Crippen LogP contribution in [-0.2, 0) is 9.53 Å². The lowest BCUT2D eigenvalue weighted by atomic mass is 10.1. The van der Waals surface area contributed by atoms with Gasteiger partial charge in [0.2, 0.25) is 0 Å². The maximum absolute atomic E-state index is 11.7. The Morgan fingerprint density at radius 2 is 2.31 bits per heavy atom. The Morgan fingerprint density at radius 1 is 1.69 bits per heavy atom. The van der Waals surface area contributed by atoms with Crippen molar-refractivity contribution in [3.8, 4) is 6.07 Å². The summed E-state index contributed by atoms with van der Waals surface area (Å²) in [6.45, 7) is 4.70. The van der Waals surface area contributed by atoms with Crippen molar-refractivity contribution in [3.63, 3.8) is 0 Å². The van der Waals surface area contributed by atoms with Gasteiger partial charge in [0.1, 0.15) is 13.2 Å². The smallest absolute Gasteiger partial charge is 0.327 e. The van der Waals surface area contributed by atoms with Crippen LogP contribution in [-0.4, -0.2) is 44.7 Å². The number of ether oxygens (including phenoxy) is 1. The number of nitriles is 1. The number of esters is 1. The molecule has 4 heteroatoms. The SMILES string of the molecule is C=CC1CC1(C#N)C(=O)OCC[N+](C)(C)C. The first-order valence-electron chi connectivity index (χ1n) is 5.37. The zero-order valence-electron chi connectivity index (χ0n) is 10.2. The summed E-state index contributed by atoms with van der Waals surface area (Å²) in [7, 11) is 6.08. The van der Waals surface area contributed by atoms with Crippen LogP contribution in [0.2, 0.25) is 0 Å². The van der Waals surface area contributed by atoms with E-state index in [1.165, 1.54) is 0 Å². The third-order valence-corrected chi connectivity index (χ3v) is 2.86. The van der Waals surface area contributed by atoms with Crippen molar-refractivity contribution in [2.75, 3.05) is 34.3 Å². The van der Waals surface area contributed by atoms with Crippen LogP contribution in [0.25, 0.3) is 0 Å². The number of carbonyl (C=O) groups excluding carboxylic acids is 1. The molecule has 0 saturated heterocycles. The van der Waals surface area contributed by atoms with Crippen molar-refractivity contribution < 1.29 is 14.0 Å². The molecule has 1 rings (SSSR count). The summed E-state index contributed by atoms with van der Waals surface area (Å²) in [5.74, 6) is -0.428. The molecule has 0 aromatic carbocycles. The predicted octanol–water partition coefficient (Wildman–Crippen LogP) is 0.952. The van der Waals surface area contributed by atoms with Gasteiger partial charge in [-0.25, -0.2) is 0 Å². The van der Waals surface area contributed by atoms with E-state index in [2.05, 4.69) is 6.58 Å². The van der Waals surface area contributed by atoms with Gasteiger partial charge >= 0.3 is 5.97 Å². The van der Waals surface area contributed by atoms with E-state index >= 15 is 0 Å². The summed E-state index contributed by atoms with van der Waals surface area (Å²) in [6, 6.07) is 2.05. The van der Waals surface area contributed by atoms with Gasteiger partial charge in [0.15, 0.2) is 5.41 Å². The highest BCUT2D eigenvalue weighted by atomic mass is 16.5. The molecule has 0 bridgehead atoms. The second-order valence-corrected chi connectivity index (χ2v) is 5.28. The fraction of sp³-hybridized carbons (Fsp3) is 0.667. The lowest BCUT2D eigenvalue weighted by molar-refractivity contribution is -0.870. The highest BCUT2D eigenvalue weighted by Gasteiger charge is 2.61. The Balaban J connectivity index is 2.43. The fourth-order valence-electron chi connectivity index (χ4n) is 1.52. The minimum Gasteiger partial charge on any atom is -0.458 e. The quantitative estimate of drug-likeness (QED) is 0.396. The van der Waals surface area contributed by atoms with Crippen molar-refractivity contribution in [1.29, 1.82) is 5.26 Å². The van der Waals surface area contributed by atoms with Crippen molar-refractivity contribution in [2.24, 2.45) is 11.3 Å². The normalized spacial score (nSPS) is 28.0. The molecular formula is C12H19N2O2+. The number of nitrogens with zero attached hydrogens (tertiary/aromatic N) is 2. The standard InChI is InChI=1S/C12H19N2O2/c1-5-10-8-12(10,9-13)11(15)16-7-6-14(2,3)4/h5,10H,1,6-8H2,2-4H3/q+1. The van der Waals surface area contributed by atoms with E-state index in [1.807, 2.05) is 27.2 Å². The summed E-state index contributed by atoms with van der Waals surface area (Å²) < 4.78 is 5.88. The first kappa shape index (κ1) is 12.7. The molecule has 1 saturated carbocycles. The molecule has 0 aliphatic heterocycles. The lowest BCUT2D eigenvalue weighted by Crippen LogP contribution is -2.38. The van der Waals surface area contributed by atoms with Crippen LogP contribution >= 0.6 is 0 Å². The minimum atomic E-state index is -0.938. The van der Waals surface area contributed by atoms with E-state index in [0.717, 1.165) is 11.0 Å². The molecule has 0 radical (unpaired) electrons. The average Bonchev–Trinajstić information content (AvgIpc) is 2.90. The zero-order chi connectivity index (χ0) is 12.4. The first-order chi connectivity index (χ1) is 7.35. The van der Waals surface area contributed by atoms with E-state index in [4.69, 9.17) is 10.00 Å². The molecule has 0 aromatic heterocycles. The van der Waals surface area contributed by atoms with Gasteiger partial charge in [-0.05, 0) is 6.42 Å². The Kier molecular flexibility index (Phi) is 3.39. The van der Waals surface area contributed by atoms with E-state index < -0.39 is 11.4 Å². The van der Waals surface area contributed by atoms with Crippen molar-refractivity contribution in [1.82, 2.24) is 0 Å². The van der Waals surface area contributed by atoms with Gasteiger partial charge in [-0.1, -0.05) is 6.08 Å². The summed E-state index contributed by atoms with van der Waals surface area (Å²) >= 11 is 0. The van der Waals surface area contributed by atoms with Crippen molar-refractivity contribution >= 4 is 5.97 Å². The van der Waals surface area contributed by atoms with E-state index in [0.29, 0.717) is 13.0 Å². The van der Waals surface area contributed by atoms with Gasteiger partial charge in [0.05, 0.1) is 27.2 Å². The van der Waals surface area contributed by atoms with Gasteiger partial charge in [0, 0.05) is 5.92 Å². The van der Waals surface area contributed by atoms with Crippen LogP contribution in [0.3, 0.4) is 0 Å². The molecular weight excluding hydrogens is 204 g/mol. The highest BCUT2D eigenvalue weighted by Crippen LogP contribution is 2.53. The summed E-state index contributed by atoms with van der Waals surface area (Å²) in [5, 5.41) is 8.99. The second kappa shape index (κ2) is 4.26. The molecule has 4 nitrogen and oxygen atoms in total. The van der Waals surface area contributed by atoms with Crippen LogP contribution in [0.15, 0.2) is 12.7 Å². The number of hydrogen-bond donors (Lipinski definition) is 0. The topological polar surface area (TPSA) is 50.1 Å². The predicted molar refractivity (Wildman–Crippen MR) is 60.2 cm³/mol. The van der Waals surface area contributed by atoms with Gasteiger partial charge in [-0.3, -0.25) is 4.79 Å². The molecule has 0 N–H and O–H groups in total. The summed E-state index contributed by atoms with van der Waals surface area (Å²) in [4.78, 5) is 11.7. The Bertz CT molecular complexity index is 338. The van der Waals surface area contributed by atoms with E-state index in [1.54, 1.807) is 6.08 Å². The van der Waals surface area contributed by atoms with Gasteiger partial charge in [-0.2, -0.15) is 5.26 Å². The molecule has 0 aromatic rings. The monoisotopic (exact) mass is 223 g/mol. The van der Waals surface area contributed by atoms with Crippen molar-refractivity contribution in [2.45, 2.75) is 6.42 Å². The number of likely N-dealkylation sites (N-methyl/N-ethyl adjacent to an activating group) is 1. The highest BCUT2D eigenvalue weighted by molar-refractivity contribution is 5.84. The summed E-state index contributed by atoms with van der Waals surface area (Å²) in [6.07, 6.45) is 2.21. The van der Waals surface area contributed by atoms with Crippen LogP contribution in [0, 0.1) is 22.7 Å². The maximum atomic E-state index is 11.7. The van der Waals surface area contributed by atoms with E-state index in [-0.39, 0.29) is 5.92 Å². The molecule has 2 atom stereocenters. The van der Waals surface area contributed by atoms with Gasteiger partial charge in [-0.15, -0.1) is 6.58 Å². The third-order valence-electron chi connectivity index (χ3n) is 2.86. The third kappa shape index (κ3) is 2.61. The number of rotatable bonds is 5. The molecule has 0 heterocycles. The molecule has 88 valence electrons. The Labute approximate surface area is 96.7 Å². The number of allylic oxidation sites excluding steroid dienone is 1. The zero-order valence-corrected chi connectivity index (χ0v) is 10.2. The second-order valence-electron chi connectivity index (χ2n) is 5.28. The van der Waals surface area contributed by atoms with Crippen LogP contribution in [0.5, 0.6) is 0 Å². The number of carbonyl (C=O) groups is 1. The lowest BCUT2D eigenvalue weighted by Gasteiger charge is -2.23. The van der Waals surface area contributed by atoms with E-state index in [9.17, 15) is 4.79 Å². The Morgan fingerprint density at radius 3 is 2.69 bits per heavy atom. The molecule has 0 spiro atoms. The van der Waals surface area contributed by atoms with Crippen molar-refractivity contribution in [3.05, 3.63) is 12.7 Å². The molecule has 1 aliphatic carbocycles. The molecule has 1 aliphatic rings. The number of quaternary nitrogens is 1. The Hall–Kier alpha value is -1.34. The summed E-state index contributed by atoms with van der Waals surface area (Å²) in [5.41, 5.74) is -0.938. The molecule has 16 heavy (non-hydrogen) atoms. The molecule has 1 fully saturated rings. The van der Waals surface area contributed by atoms with Crippen LogP contribution in [0.4, 0.5) is 0 Å². The van der Waals surface area contributed by atoms with Crippen LogP contribution < -0.4 is 0 Å². The minimum absolute atomic E-state index is 0.0332. The first-order valence-corrected chi connectivity index (χ1v) is 5.37. The van der Waals surface area contributed by atoms with Gasteiger partial charge < -0.3 is 9.22 Å². The van der Waals surface area contributed by atoms with Gasteiger partial charge in [0.25, 0.3) is 0 Å². The largest absolute Gasteiger partial charge is 0.458 e. The molecule has 0 amide bonds. The maximum Gasteiger partial charge on any atom is 0.327 e.